The SMILES string of the molecule is CCN(C(C)=O)c1nc(CN(CCOC)CC(=O)O)cs1. The predicted octanol–water partition coefficient (Wildman–Crippen LogP) is 1.05. The highest BCUT2D eigenvalue weighted by molar-refractivity contribution is 7.14. The zero-order chi connectivity index (χ0) is 15.8. The fraction of sp³-hybridized carbons (Fsp3) is 0.615. The van der Waals surface area contributed by atoms with E-state index in [0.29, 0.717) is 31.4 Å². The molecule has 0 bridgehead atoms. The third-order valence-corrected chi connectivity index (χ3v) is 3.74. The molecule has 0 spiro atoms. The lowest BCUT2D eigenvalue weighted by molar-refractivity contribution is -0.138. The minimum atomic E-state index is -0.888. The van der Waals surface area contributed by atoms with Crippen molar-refractivity contribution in [3.8, 4) is 0 Å². The summed E-state index contributed by atoms with van der Waals surface area (Å²) in [5, 5.41) is 11.4. The number of anilines is 1. The second-order valence-corrected chi connectivity index (χ2v) is 5.32. The first kappa shape index (κ1) is 17.5. The Morgan fingerprint density at radius 1 is 1.48 bits per heavy atom. The Balaban J connectivity index is 2.73. The number of ether oxygens (including phenoxy) is 1. The maximum atomic E-state index is 11.5. The van der Waals surface area contributed by atoms with Gasteiger partial charge in [-0.15, -0.1) is 11.3 Å². The van der Waals surface area contributed by atoms with E-state index >= 15 is 0 Å². The molecule has 0 unspecified atom stereocenters. The molecule has 1 aromatic heterocycles. The van der Waals surface area contributed by atoms with Gasteiger partial charge in [-0.05, 0) is 6.92 Å². The Hall–Kier alpha value is -1.51. The molecule has 1 amide bonds. The molecular formula is C13H21N3O4S. The average molecular weight is 315 g/mol. The first-order chi connectivity index (χ1) is 9.97. The number of rotatable bonds is 9. The van der Waals surface area contributed by atoms with E-state index in [1.165, 1.54) is 18.3 Å². The molecule has 1 aromatic rings. The van der Waals surface area contributed by atoms with Gasteiger partial charge < -0.3 is 9.84 Å². The highest BCUT2D eigenvalue weighted by Gasteiger charge is 2.16. The van der Waals surface area contributed by atoms with Crippen molar-refractivity contribution in [2.24, 2.45) is 0 Å². The summed E-state index contributed by atoms with van der Waals surface area (Å²) in [6.45, 7) is 5.27. The van der Waals surface area contributed by atoms with Crippen LogP contribution in [0.25, 0.3) is 0 Å². The Morgan fingerprint density at radius 2 is 2.19 bits per heavy atom. The number of carbonyl (C=O) groups excluding carboxylic acids is 1. The smallest absolute Gasteiger partial charge is 0.317 e. The Morgan fingerprint density at radius 3 is 2.71 bits per heavy atom. The topological polar surface area (TPSA) is 83.0 Å². The molecule has 118 valence electrons. The number of nitrogens with zero attached hydrogens (tertiary/aromatic N) is 3. The Labute approximate surface area is 128 Å². The number of carbonyl (C=O) groups is 2. The van der Waals surface area contributed by atoms with Crippen LogP contribution in [0.2, 0.25) is 0 Å². The van der Waals surface area contributed by atoms with Crippen LogP contribution in [0.1, 0.15) is 19.5 Å². The lowest BCUT2D eigenvalue weighted by atomic mass is 10.4. The van der Waals surface area contributed by atoms with E-state index in [1.54, 1.807) is 16.9 Å². The standard InChI is InChI=1S/C13H21N3O4S/c1-4-16(10(2)17)13-14-11(9-21-13)7-15(5-6-20-3)8-12(18)19/h9H,4-8H2,1-3H3,(H,18,19). The summed E-state index contributed by atoms with van der Waals surface area (Å²) in [5.41, 5.74) is 0.757. The molecule has 0 fully saturated rings. The van der Waals surface area contributed by atoms with Crippen molar-refractivity contribution in [1.29, 1.82) is 0 Å². The van der Waals surface area contributed by atoms with Crippen LogP contribution in [0.4, 0.5) is 5.13 Å². The number of hydrogen-bond acceptors (Lipinski definition) is 6. The van der Waals surface area contributed by atoms with Crippen LogP contribution in [0.15, 0.2) is 5.38 Å². The minimum absolute atomic E-state index is 0.0554. The third kappa shape index (κ3) is 5.78. The van der Waals surface area contributed by atoms with Crippen molar-refractivity contribution in [1.82, 2.24) is 9.88 Å². The number of methoxy groups -OCH3 is 1. The zero-order valence-electron chi connectivity index (χ0n) is 12.5. The van der Waals surface area contributed by atoms with Crippen molar-refractivity contribution >= 4 is 28.3 Å². The van der Waals surface area contributed by atoms with Crippen LogP contribution < -0.4 is 4.90 Å². The molecule has 1 rings (SSSR count). The van der Waals surface area contributed by atoms with E-state index in [-0.39, 0.29) is 12.5 Å². The Bertz CT molecular complexity index is 478. The van der Waals surface area contributed by atoms with Gasteiger partial charge in [0.1, 0.15) is 0 Å². The molecule has 0 saturated heterocycles. The Kier molecular flexibility index (Phi) is 7.27. The van der Waals surface area contributed by atoms with Crippen LogP contribution in [0.5, 0.6) is 0 Å². The monoisotopic (exact) mass is 315 g/mol. The minimum Gasteiger partial charge on any atom is -0.480 e. The van der Waals surface area contributed by atoms with Gasteiger partial charge in [0.25, 0.3) is 0 Å². The molecule has 1 N–H and O–H groups in total. The summed E-state index contributed by atoms with van der Waals surface area (Å²) in [4.78, 5) is 30.1. The fourth-order valence-electron chi connectivity index (χ4n) is 1.84. The molecule has 21 heavy (non-hydrogen) atoms. The van der Waals surface area contributed by atoms with Crippen LogP contribution in [0, 0.1) is 0 Å². The molecule has 8 heteroatoms. The highest BCUT2D eigenvalue weighted by atomic mass is 32.1. The van der Waals surface area contributed by atoms with Gasteiger partial charge in [-0.3, -0.25) is 19.4 Å². The van der Waals surface area contributed by atoms with Gasteiger partial charge in [0, 0.05) is 39.0 Å². The van der Waals surface area contributed by atoms with Crippen LogP contribution in [-0.4, -0.2) is 60.2 Å². The van der Waals surface area contributed by atoms with E-state index in [4.69, 9.17) is 9.84 Å². The predicted molar refractivity (Wildman–Crippen MR) is 80.6 cm³/mol. The first-order valence-electron chi connectivity index (χ1n) is 6.63. The van der Waals surface area contributed by atoms with Crippen LogP contribution in [-0.2, 0) is 20.9 Å². The van der Waals surface area contributed by atoms with E-state index in [9.17, 15) is 9.59 Å². The molecule has 0 atom stereocenters. The number of hydrogen-bond donors (Lipinski definition) is 1. The van der Waals surface area contributed by atoms with Crippen molar-refractivity contribution in [2.75, 3.05) is 38.3 Å². The molecule has 0 saturated carbocycles. The summed E-state index contributed by atoms with van der Waals surface area (Å²) >= 11 is 1.38. The van der Waals surface area contributed by atoms with Crippen molar-refractivity contribution < 1.29 is 19.4 Å². The van der Waals surface area contributed by atoms with E-state index < -0.39 is 5.97 Å². The van der Waals surface area contributed by atoms with Gasteiger partial charge >= 0.3 is 5.97 Å². The quantitative estimate of drug-likeness (QED) is 0.733. The fourth-order valence-corrected chi connectivity index (χ4v) is 2.76. The van der Waals surface area contributed by atoms with Gasteiger partial charge in [0.15, 0.2) is 5.13 Å². The number of amides is 1. The maximum Gasteiger partial charge on any atom is 0.317 e. The summed E-state index contributed by atoms with van der Waals surface area (Å²) in [7, 11) is 1.58. The summed E-state index contributed by atoms with van der Waals surface area (Å²) < 4.78 is 4.98. The lowest BCUT2D eigenvalue weighted by Crippen LogP contribution is -2.32. The maximum absolute atomic E-state index is 11.5. The van der Waals surface area contributed by atoms with Crippen molar-refractivity contribution in [2.45, 2.75) is 20.4 Å². The second-order valence-electron chi connectivity index (χ2n) is 4.48. The number of aliphatic carboxylic acids is 1. The van der Waals surface area contributed by atoms with Gasteiger partial charge in [-0.1, -0.05) is 0 Å². The second kappa shape index (κ2) is 8.71. The van der Waals surface area contributed by atoms with Gasteiger partial charge in [-0.25, -0.2) is 4.98 Å². The molecule has 1 heterocycles. The molecule has 0 aliphatic carbocycles. The van der Waals surface area contributed by atoms with Crippen molar-refractivity contribution in [3.05, 3.63) is 11.1 Å². The first-order valence-corrected chi connectivity index (χ1v) is 7.51. The molecule has 0 aliphatic rings. The molecule has 0 aliphatic heterocycles. The largest absolute Gasteiger partial charge is 0.480 e. The number of aromatic nitrogens is 1. The molecule has 7 nitrogen and oxygen atoms in total. The van der Waals surface area contributed by atoms with Crippen LogP contribution >= 0.6 is 11.3 Å². The van der Waals surface area contributed by atoms with Gasteiger partial charge in [-0.2, -0.15) is 0 Å². The third-order valence-electron chi connectivity index (χ3n) is 2.82. The lowest BCUT2D eigenvalue weighted by Gasteiger charge is -2.18. The van der Waals surface area contributed by atoms with E-state index in [1.807, 2.05) is 12.3 Å². The van der Waals surface area contributed by atoms with Crippen molar-refractivity contribution in [3.63, 3.8) is 0 Å². The van der Waals surface area contributed by atoms with E-state index in [2.05, 4.69) is 4.98 Å². The summed E-state index contributed by atoms with van der Waals surface area (Å²) in [5.74, 6) is -0.944. The summed E-state index contributed by atoms with van der Waals surface area (Å²) in [6, 6.07) is 0. The van der Waals surface area contributed by atoms with Crippen LogP contribution in [0.3, 0.4) is 0 Å². The highest BCUT2D eigenvalue weighted by Crippen LogP contribution is 2.21. The van der Waals surface area contributed by atoms with Gasteiger partial charge in [0.05, 0.1) is 18.8 Å². The zero-order valence-corrected chi connectivity index (χ0v) is 13.4. The average Bonchev–Trinajstić information content (AvgIpc) is 2.84. The number of carboxylic acid groups (broad SMARTS) is 1. The molecule has 0 radical (unpaired) electrons. The summed E-state index contributed by atoms with van der Waals surface area (Å²) in [6.07, 6.45) is 0. The molecule has 0 aromatic carbocycles. The normalized spacial score (nSPS) is 10.9. The van der Waals surface area contributed by atoms with E-state index in [0.717, 1.165) is 5.69 Å². The van der Waals surface area contributed by atoms with Gasteiger partial charge in [0.2, 0.25) is 5.91 Å². The molecular weight excluding hydrogens is 294 g/mol. The number of carboxylic acids is 1. The number of thiazole rings is 1.